The van der Waals surface area contributed by atoms with Gasteiger partial charge >= 0.3 is 6.18 Å². The number of benzene rings is 2. The summed E-state index contributed by atoms with van der Waals surface area (Å²) in [5.74, 6) is -0.372. The Kier molecular flexibility index (Phi) is 5.81. The Morgan fingerprint density at radius 3 is 2.30 bits per heavy atom. The molecule has 4 rings (SSSR count). The Hall–Kier alpha value is -3.86. The van der Waals surface area contributed by atoms with Gasteiger partial charge < -0.3 is 10.1 Å². The van der Waals surface area contributed by atoms with E-state index in [4.69, 9.17) is 10.00 Å². The zero-order valence-corrected chi connectivity index (χ0v) is 17.7. The summed E-state index contributed by atoms with van der Waals surface area (Å²) in [6, 6.07) is 16.0. The van der Waals surface area contributed by atoms with Crippen molar-refractivity contribution in [3.63, 3.8) is 0 Å². The Labute approximate surface area is 188 Å². The largest absolute Gasteiger partial charge is 0.481 e. The van der Waals surface area contributed by atoms with Crippen molar-refractivity contribution < 1.29 is 22.7 Å². The second kappa shape index (κ2) is 8.58. The quantitative estimate of drug-likeness (QED) is 0.559. The maximum Gasteiger partial charge on any atom is 0.417 e. The van der Waals surface area contributed by atoms with Crippen molar-refractivity contribution in [2.45, 2.75) is 31.0 Å². The molecule has 0 bridgehead atoms. The number of hydrogen-bond acceptors (Lipinski definition) is 4. The maximum atomic E-state index is 13.6. The van der Waals surface area contributed by atoms with Crippen LogP contribution in [0.3, 0.4) is 0 Å². The standard InChI is InChI=1S/C25H20F3N3O2/c1-33-22-13-21(25(26,27)28)20(15-30-22)17-7-9-19(10-8-17)24(11-2-12-24)31-23(32)18-5-3-16(14-29)4-6-18/h3-10,13,15H,2,11-12H2,1H3,(H,31,32). The molecule has 0 unspecified atom stereocenters. The fourth-order valence-electron chi connectivity index (χ4n) is 3.98. The highest BCUT2D eigenvalue weighted by Crippen LogP contribution is 2.43. The lowest BCUT2D eigenvalue weighted by molar-refractivity contribution is -0.137. The van der Waals surface area contributed by atoms with E-state index in [9.17, 15) is 18.0 Å². The third kappa shape index (κ3) is 4.40. The number of halogens is 3. The minimum atomic E-state index is -4.56. The number of rotatable bonds is 5. The van der Waals surface area contributed by atoms with Crippen LogP contribution in [-0.2, 0) is 11.7 Å². The zero-order valence-electron chi connectivity index (χ0n) is 17.7. The lowest BCUT2D eigenvalue weighted by Crippen LogP contribution is -2.50. The molecule has 0 spiro atoms. The molecule has 1 aliphatic rings. The molecular weight excluding hydrogens is 431 g/mol. The van der Waals surface area contributed by atoms with Crippen LogP contribution in [0.4, 0.5) is 13.2 Å². The van der Waals surface area contributed by atoms with Gasteiger partial charge in [-0.1, -0.05) is 24.3 Å². The van der Waals surface area contributed by atoms with Gasteiger partial charge in [-0.2, -0.15) is 18.4 Å². The van der Waals surface area contributed by atoms with E-state index in [2.05, 4.69) is 10.3 Å². The van der Waals surface area contributed by atoms with Crippen molar-refractivity contribution in [3.8, 4) is 23.1 Å². The van der Waals surface area contributed by atoms with E-state index >= 15 is 0 Å². The number of ether oxygens (including phenoxy) is 1. The van der Waals surface area contributed by atoms with Crippen LogP contribution in [-0.4, -0.2) is 18.0 Å². The van der Waals surface area contributed by atoms with E-state index < -0.39 is 17.3 Å². The molecule has 8 heteroatoms. The number of carbonyl (C=O) groups is 1. The third-order valence-corrected chi connectivity index (χ3v) is 5.98. The molecule has 168 valence electrons. The van der Waals surface area contributed by atoms with E-state index in [1.165, 1.54) is 7.11 Å². The number of nitrogens with zero attached hydrogens (tertiary/aromatic N) is 2. The number of methoxy groups -OCH3 is 1. The zero-order chi connectivity index (χ0) is 23.6. The van der Waals surface area contributed by atoms with Gasteiger partial charge in [-0.25, -0.2) is 4.98 Å². The number of nitriles is 1. The predicted molar refractivity (Wildman–Crippen MR) is 115 cm³/mol. The fraction of sp³-hybridized carbons (Fsp3) is 0.240. The van der Waals surface area contributed by atoms with Crippen molar-refractivity contribution in [2.75, 3.05) is 7.11 Å². The van der Waals surface area contributed by atoms with Crippen molar-refractivity contribution in [3.05, 3.63) is 83.0 Å². The topological polar surface area (TPSA) is 75.0 Å². The predicted octanol–water partition coefficient (Wildman–Crippen LogP) is 5.46. The molecule has 3 aromatic rings. The molecule has 0 atom stereocenters. The summed E-state index contributed by atoms with van der Waals surface area (Å²) in [5.41, 5.74) is 0.661. The van der Waals surface area contributed by atoms with Gasteiger partial charge in [-0.3, -0.25) is 4.79 Å². The molecule has 1 N–H and O–H groups in total. The van der Waals surface area contributed by atoms with E-state index in [-0.39, 0.29) is 17.4 Å². The van der Waals surface area contributed by atoms with Crippen LogP contribution < -0.4 is 10.1 Å². The highest BCUT2D eigenvalue weighted by Gasteiger charge is 2.40. The van der Waals surface area contributed by atoms with E-state index in [0.29, 0.717) is 16.7 Å². The summed E-state index contributed by atoms with van der Waals surface area (Å²) >= 11 is 0. The molecule has 0 radical (unpaired) electrons. The number of pyridine rings is 1. The summed E-state index contributed by atoms with van der Waals surface area (Å²) in [5, 5.41) is 12.0. The summed E-state index contributed by atoms with van der Waals surface area (Å²) < 4.78 is 45.6. The minimum absolute atomic E-state index is 0.0425. The van der Waals surface area contributed by atoms with Gasteiger partial charge in [0.1, 0.15) is 0 Å². The molecule has 1 aromatic heterocycles. The summed E-state index contributed by atoms with van der Waals surface area (Å²) in [6.07, 6.45) is -1.02. The van der Waals surface area contributed by atoms with Crippen LogP contribution in [0, 0.1) is 11.3 Å². The second-order valence-electron chi connectivity index (χ2n) is 7.93. The molecule has 0 aliphatic heterocycles. The summed E-state index contributed by atoms with van der Waals surface area (Å²) in [4.78, 5) is 16.7. The maximum absolute atomic E-state index is 13.6. The Morgan fingerprint density at radius 2 is 1.79 bits per heavy atom. The Bertz CT molecular complexity index is 1210. The lowest BCUT2D eigenvalue weighted by Gasteiger charge is -2.43. The molecule has 2 aromatic carbocycles. The number of aromatic nitrogens is 1. The number of alkyl halides is 3. The third-order valence-electron chi connectivity index (χ3n) is 5.98. The van der Waals surface area contributed by atoms with Gasteiger partial charge in [0.25, 0.3) is 5.91 Å². The number of hydrogen-bond donors (Lipinski definition) is 1. The van der Waals surface area contributed by atoms with Gasteiger partial charge in [-0.15, -0.1) is 0 Å². The fourth-order valence-corrected chi connectivity index (χ4v) is 3.98. The second-order valence-corrected chi connectivity index (χ2v) is 7.93. The van der Waals surface area contributed by atoms with Gasteiger partial charge in [-0.05, 0) is 54.7 Å². The number of carbonyl (C=O) groups excluding carboxylic acids is 1. The first-order valence-corrected chi connectivity index (χ1v) is 10.3. The average molecular weight is 451 g/mol. The van der Waals surface area contributed by atoms with Gasteiger partial charge in [0.05, 0.1) is 29.8 Å². The Balaban J connectivity index is 1.61. The van der Waals surface area contributed by atoms with E-state index in [1.54, 1.807) is 48.5 Å². The number of amides is 1. The van der Waals surface area contributed by atoms with Crippen LogP contribution in [0.5, 0.6) is 5.88 Å². The molecule has 1 saturated carbocycles. The van der Waals surface area contributed by atoms with Gasteiger partial charge in [0.2, 0.25) is 5.88 Å². The smallest absolute Gasteiger partial charge is 0.417 e. The normalized spacial score (nSPS) is 14.6. The first kappa shape index (κ1) is 22.3. The minimum Gasteiger partial charge on any atom is -0.481 e. The van der Waals surface area contributed by atoms with Crippen LogP contribution in [0.1, 0.15) is 46.3 Å². The highest BCUT2D eigenvalue weighted by atomic mass is 19.4. The van der Waals surface area contributed by atoms with Gasteiger partial charge in [0.15, 0.2) is 0 Å². The lowest BCUT2D eigenvalue weighted by atomic mass is 9.71. The molecule has 1 fully saturated rings. The first-order chi connectivity index (χ1) is 15.8. The molecule has 1 heterocycles. The summed E-state index contributed by atoms with van der Waals surface area (Å²) in [6.45, 7) is 0. The van der Waals surface area contributed by atoms with Crippen molar-refractivity contribution in [1.82, 2.24) is 10.3 Å². The van der Waals surface area contributed by atoms with Crippen LogP contribution in [0.2, 0.25) is 0 Å². The van der Waals surface area contributed by atoms with Crippen LogP contribution >= 0.6 is 0 Å². The molecule has 1 aliphatic carbocycles. The molecule has 0 saturated heterocycles. The molecule has 5 nitrogen and oxygen atoms in total. The van der Waals surface area contributed by atoms with Crippen LogP contribution in [0.15, 0.2) is 60.8 Å². The van der Waals surface area contributed by atoms with Crippen molar-refractivity contribution in [2.24, 2.45) is 0 Å². The summed E-state index contributed by atoms with van der Waals surface area (Å²) in [7, 11) is 1.27. The van der Waals surface area contributed by atoms with Crippen LogP contribution in [0.25, 0.3) is 11.1 Å². The van der Waals surface area contributed by atoms with Crippen molar-refractivity contribution >= 4 is 5.91 Å². The number of nitrogens with one attached hydrogen (secondary N) is 1. The first-order valence-electron chi connectivity index (χ1n) is 10.3. The molecule has 1 amide bonds. The molecule has 33 heavy (non-hydrogen) atoms. The molecular formula is C25H20F3N3O2. The van der Waals surface area contributed by atoms with Gasteiger partial charge in [0, 0.05) is 23.4 Å². The van der Waals surface area contributed by atoms with Crippen molar-refractivity contribution in [1.29, 1.82) is 5.26 Å². The average Bonchev–Trinajstić information content (AvgIpc) is 2.80. The monoisotopic (exact) mass is 451 g/mol. The van der Waals surface area contributed by atoms with E-state index in [0.717, 1.165) is 37.1 Å². The Morgan fingerprint density at radius 1 is 1.12 bits per heavy atom. The highest BCUT2D eigenvalue weighted by molar-refractivity contribution is 5.95. The van der Waals surface area contributed by atoms with E-state index in [1.807, 2.05) is 6.07 Å². The SMILES string of the molecule is COc1cc(C(F)(F)F)c(-c2ccc(C3(NC(=O)c4ccc(C#N)cc4)CCC3)cc2)cn1.